The Morgan fingerprint density at radius 2 is 1.89 bits per heavy atom. The van der Waals surface area contributed by atoms with Gasteiger partial charge in [0.1, 0.15) is 0 Å². The zero-order valence-corrected chi connectivity index (χ0v) is 5.80. The van der Waals surface area contributed by atoms with Crippen LogP contribution in [0.2, 0.25) is 6.32 Å². The average Bonchev–Trinajstić information content (AvgIpc) is 1.91. The van der Waals surface area contributed by atoms with E-state index in [1.165, 1.54) is 19.1 Å². The first-order valence-electron chi connectivity index (χ1n) is 3.47. The molecule has 0 amide bonds. The summed E-state index contributed by atoms with van der Waals surface area (Å²) in [6.45, 7) is 2.20. The highest BCUT2D eigenvalue weighted by molar-refractivity contribution is 6.53. The van der Waals surface area contributed by atoms with Crippen LogP contribution in [0.15, 0.2) is 30.3 Å². The summed E-state index contributed by atoms with van der Waals surface area (Å²) >= 11 is 0. The predicted molar refractivity (Wildman–Crippen MR) is 43.7 cm³/mol. The van der Waals surface area contributed by atoms with Gasteiger partial charge in [-0.2, -0.15) is 0 Å². The summed E-state index contributed by atoms with van der Waals surface area (Å²) in [4.78, 5) is 0. The Bertz CT molecular complexity index is 157. The summed E-state index contributed by atoms with van der Waals surface area (Å²) in [5, 5.41) is 0. The van der Waals surface area contributed by atoms with Crippen LogP contribution in [0.25, 0.3) is 0 Å². The third-order valence-corrected chi connectivity index (χ3v) is 1.38. The van der Waals surface area contributed by atoms with Gasteiger partial charge in [-0.15, -0.1) is 0 Å². The van der Waals surface area contributed by atoms with Crippen molar-refractivity contribution in [3.8, 4) is 0 Å². The number of hydrogen-bond acceptors (Lipinski definition) is 0. The summed E-state index contributed by atoms with van der Waals surface area (Å²) in [7, 11) is 1.21. The Kier molecular flexibility index (Phi) is 2.38. The molecule has 1 heteroatoms. The molecule has 0 radical (unpaired) electrons. The number of benzene rings is 1. The topological polar surface area (TPSA) is 0 Å². The lowest BCUT2D eigenvalue weighted by Gasteiger charge is -1.91. The third kappa shape index (κ3) is 1.92. The van der Waals surface area contributed by atoms with Gasteiger partial charge in [-0.3, -0.25) is 0 Å². The van der Waals surface area contributed by atoms with E-state index in [-0.39, 0.29) is 0 Å². The molecule has 0 aliphatic rings. The number of hydrogen-bond donors (Lipinski definition) is 0. The lowest BCUT2D eigenvalue weighted by Crippen LogP contribution is -2.10. The van der Waals surface area contributed by atoms with Gasteiger partial charge in [0, 0.05) is 0 Å². The molecule has 0 nitrogen and oxygen atoms in total. The van der Waals surface area contributed by atoms with Crippen LogP contribution in [-0.2, 0) is 0 Å². The zero-order chi connectivity index (χ0) is 6.53. The molecular weight excluding hydrogens is 107 g/mol. The monoisotopic (exact) mass is 118 g/mol. The van der Waals surface area contributed by atoms with Crippen molar-refractivity contribution in [2.45, 2.75) is 13.2 Å². The second-order valence-electron chi connectivity index (χ2n) is 2.24. The lowest BCUT2D eigenvalue weighted by atomic mass is 9.68. The first-order valence-corrected chi connectivity index (χ1v) is 3.47. The van der Waals surface area contributed by atoms with Crippen LogP contribution in [0.1, 0.15) is 6.92 Å². The molecule has 1 aromatic carbocycles. The van der Waals surface area contributed by atoms with Crippen molar-refractivity contribution in [3.05, 3.63) is 30.3 Å². The van der Waals surface area contributed by atoms with E-state index >= 15 is 0 Å². The van der Waals surface area contributed by atoms with Crippen LogP contribution in [0.4, 0.5) is 0 Å². The molecule has 0 spiro atoms. The molecular formula is C8H11B. The predicted octanol–water partition coefficient (Wildman–Crippen LogP) is 1.19. The Balaban J connectivity index is 2.61. The summed E-state index contributed by atoms with van der Waals surface area (Å²) in [6, 6.07) is 10.6. The molecule has 0 aliphatic heterocycles. The third-order valence-electron chi connectivity index (χ3n) is 1.38. The quantitative estimate of drug-likeness (QED) is 0.511. The summed E-state index contributed by atoms with van der Waals surface area (Å²) in [6.07, 6.45) is 1.24. The van der Waals surface area contributed by atoms with Crippen molar-refractivity contribution in [1.82, 2.24) is 0 Å². The Morgan fingerprint density at radius 3 is 2.44 bits per heavy atom. The maximum atomic E-state index is 2.20. The molecule has 46 valence electrons. The molecule has 0 bridgehead atoms. The van der Waals surface area contributed by atoms with Crippen molar-refractivity contribution in [3.63, 3.8) is 0 Å². The van der Waals surface area contributed by atoms with E-state index in [2.05, 4.69) is 37.3 Å². The van der Waals surface area contributed by atoms with Gasteiger partial charge in [-0.25, -0.2) is 0 Å². The van der Waals surface area contributed by atoms with Gasteiger partial charge in [0.2, 0.25) is 0 Å². The van der Waals surface area contributed by atoms with Crippen molar-refractivity contribution >= 4 is 12.7 Å². The van der Waals surface area contributed by atoms with Gasteiger partial charge in [0.05, 0.1) is 0 Å². The van der Waals surface area contributed by atoms with E-state index in [1.807, 2.05) is 0 Å². The van der Waals surface area contributed by atoms with Gasteiger partial charge in [0.25, 0.3) is 0 Å². The first-order chi connectivity index (χ1) is 4.43. The highest BCUT2D eigenvalue weighted by atomic mass is 13.8. The van der Waals surface area contributed by atoms with E-state index < -0.39 is 0 Å². The van der Waals surface area contributed by atoms with Crippen molar-refractivity contribution in [1.29, 1.82) is 0 Å². The average molecular weight is 118 g/mol. The molecule has 0 aliphatic carbocycles. The second kappa shape index (κ2) is 3.34. The van der Waals surface area contributed by atoms with Gasteiger partial charge in [-0.05, 0) is 0 Å². The van der Waals surface area contributed by atoms with Crippen molar-refractivity contribution in [2.24, 2.45) is 0 Å². The summed E-state index contributed by atoms with van der Waals surface area (Å²) in [5.74, 6) is 0. The Morgan fingerprint density at radius 1 is 1.22 bits per heavy atom. The molecule has 0 aromatic heterocycles. The summed E-state index contributed by atoms with van der Waals surface area (Å²) in [5.41, 5.74) is 1.44. The highest BCUT2D eigenvalue weighted by Gasteiger charge is 1.87. The van der Waals surface area contributed by atoms with E-state index in [0.29, 0.717) is 0 Å². The van der Waals surface area contributed by atoms with Gasteiger partial charge in [0.15, 0.2) is 7.28 Å². The minimum Gasteiger partial charge on any atom is -0.0845 e. The van der Waals surface area contributed by atoms with Gasteiger partial charge >= 0.3 is 0 Å². The normalized spacial score (nSPS) is 9.00. The molecule has 0 saturated heterocycles. The fraction of sp³-hybridized carbons (Fsp3) is 0.250. The van der Waals surface area contributed by atoms with Crippen LogP contribution in [0.5, 0.6) is 0 Å². The van der Waals surface area contributed by atoms with Crippen LogP contribution in [0.3, 0.4) is 0 Å². The fourth-order valence-corrected chi connectivity index (χ4v) is 0.933. The number of rotatable bonds is 2. The molecule has 0 heterocycles. The molecule has 0 saturated carbocycles. The molecule has 0 atom stereocenters. The molecule has 0 fully saturated rings. The van der Waals surface area contributed by atoms with Crippen LogP contribution >= 0.6 is 0 Å². The first kappa shape index (κ1) is 6.41. The zero-order valence-electron chi connectivity index (χ0n) is 5.80. The van der Waals surface area contributed by atoms with E-state index in [4.69, 9.17) is 0 Å². The van der Waals surface area contributed by atoms with Crippen LogP contribution < -0.4 is 5.46 Å². The standard InChI is InChI=1S/C8H11B/c1-2-9-8-6-4-3-5-7-8/h3-7,9H,2H2,1H3. The Hall–Kier alpha value is -0.715. The van der Waals surface area contributed by atoms with E-state index in [0.717, 1.165) is 0 Å². The molecule has 1 rings (SSSR count). The van der Waals surface area contributed by atoms with Gasteiger partial charge in [-0.1, -0.05) is 49.0 Å². The second-order valence-corrected chi connectivity index (χ2v) is 2.24. The SMILES string of the molecule is CCBc1ccccc1. The summed E-state index contributed by atoms with van der Waals surface area (Å²) < 4.78 is 0. The lowest BCUT2D eigenvalue weighted by molar-refractivity contribution is 1.46. The molecule has 0 unspecified atom stereocenters. The minimum absolute atomic E-state index is 1.21. The Labute approximate surface area is 57.1 Å². The maximum Gasteiger partial charge on any atom is 0.157 e. The van der Waals surface area contributed by atoms with Crippen LogP contribution in [-0.4, -0.2) is 7.28 Å². The highest BCUT2D eigenvalue weighted by Crippen LogP contribution is 1.82. The maximum absolute atomic E-state index is 2.20. The van der Waals surface area contributed by atoms with E-state index in [1.54, 1.807) is 0 Å². The molecule has 9 heavy (non-hydrogen) atoms. The van der Waals surface area contributed by atoms with Crippen molar-refractivity contribution in [2.75, 3.05) is 0 Å². The molecule has 1 aromatic rings. The largest absolute Gasteiger partial charge is 0.157 e. The van der Waals surface area contributed by atoms with E-state index in [9.17, 15) is 0 Å². The van der Waals surface area contributed by atoms with Crippen molar-refractivity contribution < 1.29 is 0 Å². The van der Waals surface area contributed by atoms with Gasteiger partial charge < -0.3 is 0 Å². The van der Waals surface area contributed by atoms with Crippen LogP contribution in [0, 0.1) is 0 Å². The smallest absolute Gasteiger partial charge is 0.0845 e. The molecule has 0 N–H and O–H groups in total. The minimum atomic E-state index is 1.21. The fourth-order valence-electron chi connectivity index (χ4n) is 0.933.